The number of aryl methyl sites for hydroxylation is 1. The van der Waals surface area contributed by atoms with Gasteiger partial charge in [0.15, 0.2) is 0 Å². The molecule has 1 saturated heterocycles. The van der Waals surface area contributed by atoms with Crippen molar-refractivity contribution in [2.24, 2.45) is 0 Å². The molecule has 7 heteroatoms. The summed E-state index contributed by atoms with van der Waals surface area (Å²) in [5, 5.41) is 2.90. The number of rotatable bonds is 3. The number of piperazine rings is 1. The summed E-state index contributed by atoms with van der Waals surface area (Å²) in [6.45, 7) is 4.19. The maximum absolute atomic E-state index is 12.4. The molecule has 0 bridgehead atoms. The fourth-order valence-corrected chi connectivity index (χ4v) is 3.20. The SMILES string of the molecule is Cc1nc(CC(=O)N2CCN(C(=O)c3ccncc3)CC2)cs1. The van der Waals surface area contributed by atoms with Gasteiger partial charge in [-0.1, -0.05) is 0 Å². The van der Waals surface area contributed by atoms with E-state index in [0.717, 1.165) is 10.7 Å². The van der Waals surface area contributed by atoms with Crippen LogP contribution in [0.1, 0.15) is 21.1 Å². The van der Waals surface area contributed by atoms with Gasteiger partial charge in [0.25, 0.3) is 5.91 Å². The highest BCUT2D eigenvalue weighted by molar-refractivity contribution is 7.09. The van der Waals surface area contributed by atoms with Gasteiger partial charge in [-0.2, -0.15) is 0 Å². The maximum Gasteiger partial charge on any atom is 0.254 e. The van der Waals surface area contributed by atoms with Crippen LogP contribution in [-0.2, 0) is 11.2 Å². The van der Waals surface area contributed by atoms with E-state index < -0.39 is 0 Å². The third kappa shape index (κ3) is 3.73. The largest absolute Gasteiger partial charge is 0.339 e. The Kier molecular flexibility index (Phi) is 4.66. The smallest absolute Gasteiger partial charge is 0.254 e. The van der Waals surface area contributed by atoms with Crippen molar-refractivity contribution in [2.75, 3.05) is 26.2 Å². The summed E-state index contributed by atoms with van der Waals surface area (Å²) in [7, 11) is 0. The average molecular weight is 330 g/mol. The Balaban J connectivity index is 1.54. The van der Waals surface area contributed by atoms with E-state index in [1.807, 2.05) is 17.2 Å². The van der Waals surface area contributed by atoms with Crippen LogP contribution >= 0.6 is 11.3 Å². The highest BCUT2D eigenvalue weighted by Gasteiger charge is 2.25. The number of aromatic nitrogens is 2. The zero-order chi connectivity index (χ0) is 16.2. The molecule has 0 saturated carbocycles. The fourth-order valence-electron chi connectivity index (χ4n) is 2.59. The van der Waals surface area contributed by atoms with E-state index in [-0.39, 0.29) is 11.8 Å². The first-order chi connectivity index (χ1) is 11.1. The lowest BCUT2D eigenvalue weighted by atomic mass is 10.2. The van der Waals surface area contributed by atoms with Crippen molar-refractivity contribution in [3.63, 3.8) is 0 Å². The summed E-state index contributed by atoms with van der Waals surface area (Å²) in [4.78, 5) is 36.5. The lowest BCUT2D eigenvalue weighted by molar-refractivity contribution is -0.132. The Morgan fingerprint density at radius 2 is 1.78 bits per heavy atom. The Morgan fingerprint density at radius 1 is 1.13 bits per heavy atom. The number of carbonyl (C=O) groups excluding carboxylic acids is 2. The van der Waals surface area contributed by atoms with Crippen LogP contribution in [0, 0.1) is 6.92 Å². The Labute approximate surface area is 138 Å². The summed E-state index contributed by atoms with van der Waals surface area (Å²) in [5.74, 6) is 0.0703. The molecule has 23 heavy (non-hydrogen) atoms. The number of hydrogen-bond donors (Lipinski definition) is 0. The predicted molar refractivity (Wildman–Crippen MR) is 87.3 cm³/mol. The Bertz CT molecular complexity index is 693. The molecule has 3 rings (SSSR count). The van der Waals surface area contributed by atoms with Crippen molar-refractivity contribution >= 4 is 23.2 Å². The van der Waals surface area contributed by atoms with Crippen molar-refractivity contribution in [1.82, 2.24) is 19.8 Å². The summed E-state index contributed by atoms with van der Waals surface area (Å²) in [6, 6.07) is 3.43. The Hall–Kier alpha value is -2.28. The molecule has 0 N–H and O–H groups in total. The molecule has 1 aliphatic heterocycles. The molecule has 0 unspecified atom stereocenters. The molecular formula is C16H18N4O2S. The van der Waals surface area contributed by atoms with Crippen molar-refractivity contribution in [2.45, 2.75) is 13.3 Å². The topological polar surface area (TPSA) is 66.4 Å². The van der Waals surface area contributed by atoms with E-state index in [9.17, 15) is 9.59 Å². The van der Waals surface area contributed by atoms with Gasteiger partial charge in [0.2, 0.25) is 5.91 Å². The third-order valence-corrected chi connectivity index (χ3v) is 4.67. The number of carbonyl (C=O) groups is 2. The van der Waals surface area contributed by atoms with Crippen LogP contribution < -0.4 is 0 Å². The number of hydrogen-bond acceptors (Lipinski definition) is 5. The molecule has 6 nitrogen and oxygen atoms in total. The number of thiazole rings is 1. The van der Waals surface area contributed by atoms with Gasteiger partial charge in [0.05, 0.1) is 17.1 Å². The van der Waals surface area contributed by atoms with Crippen LogP contribution in [0.25, 0.3) is 0 Å². The van der Waals surface area contributed by atoms with Gasteiger partial charge in [0, 0.05) is 49.5 Å². The van der Waals surface area contributed by atoms with Gasteiger partial charge in [-0.25, -0.2) is 4.98 Å². The van der Waals surface area contributed by atoms with Gasteiger partial charge >= 0.3 is 0 Å². The number of nitrogens with zero attached hydrogens (tertiary/aromatic N) is 4. The fraction of sp³-hybridized carbons (Fsp3) is 0.375. The van der Waals surface area contributed by atoms with Crippen LogP contribution in [-0.4, -0.2) is 57.8 Å². The van der Waals surface area contributed by atoms with Crippen LogP contribution in [0.15, 0.2) is 29.9 Å². The summed E-state index contributed by atoms with van der Waals surface area (Å²) < 4.78 is 0. The summed E-state index contributed by atoms with van der Waals surface area (Å²) >= 11 is 1.56. The standard InChI is InChI=1S/C16H18N4O2S/c1-12-18-14(11-23-12)10-15(21)19-6-8-20(9-7-19)16(22)13-2-4-17-5-3-13/h2-5,11H,6-10H2,1H3. The second-order valence-electron chi connectivity index (χ2n) is 5.44. The van der Waals surface area contributed by atoms with E-state index in [1.165, 1.54) is 0 Å². The molecule has 0 radical (unpaired) electrons. The lowest BCUT2D eigenvalue weighted by Crippen LogP contribution is -2.51. The average Bonchev–Trinajstić information content (AvgIpc) is 3.00. The normalized spacial score (nSPS) is 14.8. The van der Waals surface area contributed by atoms with E-state index in [0.29, 0.717) is 38.2 Å². The summed E-state index contributed by atoms with van der Waals surface area (Å²) in [6.07, 6.45) is 3.56. The number of pyridine rings is 1. The molecule has 3 heterocycles. The molecule has 2 aromatic rings. The van der Waals surface area contributed by atoms with E-state index in [2.05, 4.69) is 9.97 Å². The lowest BCUT2D eigenvalue weighted by Gasteiger charge is -2.34. The minimum Gasteiger partial charge on any atom is -0.339 e. The molecule has 0 spiro atoms. The zero-order valence-electron chi connectivity index (χ0n) is 12.9. The van der Waals surface area contributed by atoms with Gasteiger partial charge in [-0.3, -0.25) is 14.6 Å². The molecule has 1 fully saturated rings. The molecule has 0 aromatic carbocycles. The van der Waals surface area contributed by atoms with Crippen molar-refractivity contribution in [3.8, 4) is 0 Å². The Morgan fingerprint density at radius 3 is 2.39 bits per heavy atom. The first kappa shape index (κ1) is 15.6. The quantitative estimate of drug-likeness (QED) is 0.853. The van der Waals surface area contributed by atoms with Crippen LogP contribution in [0.3, 0.4) is 0 Å². The highest BCUT2D eigenvalue weighted by atomic mass is 32.1. The molecule has 1 aliphatic rings. The van der Waals surface area contributed by atoms with E-state index in [1.54, 1.807) is 40.8 Å². The minimum absolute atomic E-state index is 0.00498. The van der Waals surface area contributed by atoms with E-state index >= 15 is 0 Å². The first-order valence-corrected chi connectivity index (χ1v) is 8.39. The van der Waals surface area contributed by atoms with Gasteiger partial charge in [-0.05, 0) is 19.1 Å². The van der Waals surface area contributed by atoms with Gasteiger partial charge in [0.1, 0.15) is 0 Å². The minimum atomic E-state index is -0.00498. The van der Waals surface area contributed by atoms with Gasteiger partial charge < -0.3 is 9.80 Å². The van der Waals surface area contributed by atoms with Crippen molar-refractivity contribution < 1.29 is 9.59 Å². The highest BCUT2D eigenvalue weighted by Crippen LogP contribution is 2.12. The van der Waals surface area contributed by atoms with Crippen LogP contribution in [0.5, 0.6) is 0 Å². The number of amides is 2. The monoisotopic (exact) mass is 330 g/mol. The third-order valence-electron chi connectivity index (χ3n) is 3.85. The van der Waals surface area contributed by atoms with Gasteiger partial charge in [-0.15, -0.1) is 11.3 Å². The van der Waals surface area contributed by atoms with E-state index in [4.69, 9.17) is 0 Å². The second-order valence-corrected chi connectivity index (χ2v) is 6.51. The predicted octanol–water partition coefficient (Wildman–Crippen LogP) is 1.37. The molecule has 120 valence electrons. The molecule has 0 aliphatic carbocycles. The van der Waals surface area contributed by atoms with Crippen molar-refractivity contribution in [1.29, 1.82) is 0 Å². The maximum atomic E-state index is 12.4. The molecule has 2 aromatic heterocycles. The second kappa shape index (κ2) is 6.87. The van der Waals surface area contributed by atoms with Crippen LogP contribution in [0.4, 0.5) is 0 Å². The van der Waals surface area contributed by atoms with Crippen molar-refractivity contribution in [3.05, 3.63) is 46.2 Å². The molecule has 0 atom stereocenters. The zero-order valence-corrected chi connectivity index (χ0v) is 13.8. The summed E-state index contributed by atoms with van der Waals surface area (Å²) in [5.41, 5.74) is 1.46. The first-order valence-electron chi connectivity index (χ1n) is 7.51. The van der Waals surface area contributed by atoms with Crippen LogP contribution in [0.2, 0.25) is 0 Å². The molecule has 2 amide bonds. The molecular weight excluding hydrogens is 312 g/mol.